The number of nitrogens with zero attached hydrogens (tertiary/aromatic N) is 7. The number of rotatable bonds is 4. The Morgan fingerprint density at radius 1 is 1.48 bits per heavy atom. The second-order valence-electron chi connectivity index (χ2n) is 5.14. The summed E-state index contributed by atoms with van der Waals surface area (Å²) in [6.07, 6.45) is -3.09. The van der Waals surface area contributed by atoms with E-state index < -0.39 is 48.0 Å². The molecule has 13 heteroatoms. The van der Waals surface area contributed by atoms with Crippen LogP contribution < -0.4 is 5.32 Å². The number of alkyl halides is 1. The molecule has 0 unspecified atom stereocenters. The fourth-order valence-corrected chi connectivity index (χ4v) is 2.71. The van der Waals surface area contributed by atoms with Crippen molar-refractivity contribution < 1.29 is 19.4 Å². The van der Waals surface area contributed by atoms with Gasteiger partial charge in [0.25, 0.3) is 5.91 Å². The van der Waals surface area contributed by atoms with Gasteiger partial charge in [0.2, 0.25) is 0 Å². The van der Waals surface area contributed by atoms with Crippen molar-refractivity contribution >= 4 is 23.5 Å². The van der Waals surface area contributed by atoms with Crippen molar-refractivity contribution in [2.45, 2.75) is 42.8 Å². The normalized spacial score (nSPS) is 36.9. The molecule has 0 saturated carbocycles. The topological polar surface area (TPSA) is 176 Å². The molecule has 0 aromatic rings. The van der Waals surface area contributed by atoms with Gasteiger partial charge in [-0.3, -0.25) is 15.0 Å². The number of aliphatic hydroxyl groups is 1. The number of urea groups is 1. The van der Waals surface area contributed by atoms with Crippen molar-refractivity contribution in [3.05, 3.63) is 20.9 Å². The summed E-state index contributed by atoms with van der Waals surface area (Å²) in [7, 11) is 0. The van der Waals surface area contributed by atoms with Crippen LogP contribution in [0.5, 0.6) is 0 Å². The fourth-order valence-electron chi connectivity index (χ4n) is 2.51. The van der Waals surface area contributed by atoms with Crippen LogP contribution in [0.1, 0.15) is 13.3 Å². The predicted octanol–water partition coefficient (Wildman–Crippen LogP) is 0.958. The SMILES string of the molecule is C[C@@]1(Cl)C(=O)NC(=O)N([C@H]2C[C@H](N=[N+]=[N-])[C@@H](CO)O2)[C@@H]1N=[N+]=[N-]. The van der Waals surface area contributed by atoms with Crippen molar-refractivity contribution in [3.63, 3.8) is 0 Å². The van der Waals surface area contributed by atoms with E-state index in [4.69, 9.17) is 27.4 Å². The first-order valence-electron chi connectivity index (χ1n) is 6.54. The maximum Gasteiger partial charge on any atom is 0.326 e. The molecule has 12 nitrogen and oxygen atoms in total. The lowest BCUT2D eigenvalue weighted by molar-refractivity contribution is -0.130. The van der Waals surface area contributed by atoms with E-state index in [0.717, 1.165) is 4.90 Å². The van der Waals surface area contributed by atoms with Gasteiger partial charge in [-0.15, -0.1) is 11.6 Å². The molecule has 0 spiro atoms. The third-order valence-electron chi connectivity index (χ3n) is 3.70. The van der Waals surface area contributed by atoms with Gasteiger partial charge in [0, 0.05) is 16.2 Å². The number of halogens is 1. The lowest BCUT2D eigenvalue weighted by Crippen LogP contribution is -2.68. The number of aliphatic hydroxyl groups excluding tert-OH is 1. The molecule has 5 atom stereocenters. The lowest BCUT2D eigenvalue weighted by Gasteiger charge is -2.43. The minimum atomic E-state index is -1.70. The van der Waals surface area contributed by atoms with Crippen LogP contribution in [0.15, 0.2) is 10.2 Å². The highest BCUT2D eigenvalue weighted by Crippen LogP contribution is 2.35. The van der Waals surface area contributed by atoms with Crippen LogP contribution in [0.3, 0.4) is 0 Å². The summed E-state index contributed by atoms with van der Waals surface area (Å²) in [6.45, 7) is 0.866. The van der Waals surface area contributed by atoms with E-state index in [0.29, 0.717) is 0 Å². The number of hydrogen-bond donors (Lipinski definition) is 2. The van der Waals surface area contributed by atoms with Gasteiger partial charge in [0.1, 0.15) is 17.3 Å². The molecule has 0 aromatic carbocycles. The van der Waals surface area contributed by atoms with E-state index in [1.54, 1.807) is 0 Å². The second kappa shape index (κ2) is 6.49. The molecule has 2 fully saturated rings. The first kappa shape index (κ1) is 17.1. The third-order valence-corrected chi connectivity index (χ3v) is 4.07. The Labute approximate surface area is 134 Å². The summed E-state index contributed by atoms with van der Waals surface area (Å²) in [5.41, 5.74) is 17.2. The smallest absolute Gasteiger partial charge is 0.326 e. The maximum atomic E-state index is 12.1. The van der Waals surface area contributed by atoms with Gasteiger partial charge in [0.05, 0.1) is 18.8 Å². The average molecular weight is 345 g/mol. The van der Waals surface area contributed by atoms with Crippen molar-refractivity contribution in [1.82, 2.24) is 10.2 Å². The Kier molecular flexibility index (Phi) is 4.83. The molecule has 124 valence electrons. The van der Waals surface area contributed by atoms with Crippen LogP contribution in [0.2, 0.25) is 0 Å². The van der Waals surface area contributed by atoms with E-state index in [2.05, 4.69) is 25.4 Å². The molecule has 2 aliphatic rings. The zero-order chi connectivity index (χ0) is 17.2. The van der Waals surface area contributed by atoms with Gasteiger partial charge in [-0.05, 0) is 18.0 Å². The van der Waals surface area contributed by atoms with Crippen LogP contribution in [0, 0.1) is 0 Å². The largest absolute Gasteiger partial charge is 0.394 e. The highest BCUT2D eigenvalue weighted by molar-refractivity contribution is 6.37. The van der Waals surface area contributed by atoms with Gasteiger partial charge in [0.15, 0.2) is 0 Å². The minimum Gasteiger partial charge on any atom is -0.394 e. The van der Waals surface area contributed by atoms with Crippen LogP contribution in [-0.2, 0) is 9.53 Å². The summed E-state index contributed by atoms with van der Waals surface area (Å²) in [5, 5.41) is 18.3. The minimum absolute atomic E-state index is 0.0569. The Morgan fingerprint density at radius 2 is 2.13 bits per heavy atom. The number of carbonyl (C=O) groups excluding carboxylic acids is 2. The highest BCUT2D eigenvalue weighted by atomic mass is 35.5. The Balaban J connectivity index is 2.35. The monoisotopic (exact) mass is 344 g/mol. The maximum absolute atomic E-state index is 12.1. The summed E-state index contributed by atoms with van der Waals surface area (Å²) in [6, 6.07) is -1.57. The molecule has 2 rings (SSSR count). The quantitative estimate of drug-likeness (QED) is 0.334. The number of imide groups is 1. The van der Waals surface area contributed by atoms with Gasteiger partial charge >= 0.3 is 6.03 Å². The van der Waals surface area contributed by atoms with Crippen molar-refractivity contribution in [1.29, 1.82) is 0 Å². The number of nitrogens with one attached hydrogen (secondary N) is 1. The van der Waals surface area contributed by atoms with E-state index in [1.165, 1.54) is 6.92 Å². The lowest BCUT2D eigenvalue weighted by atomic mass is 10.0. The molecular formula is C10H13ClN8O4. The third kappa shape index (κ3) is 2.98. The van der Waals surface area contributed by atoms with Crippen LogP contribution >= 0.6 is 11.6 Å². The molecular weight excluding hydrogens is 332 g/mol. The molecule has 0 radical (unpaired) electrons. The van der Waals surface area contributed by atoms with E-state index in [9.17, 15) is 14.7 Å². The van der Waals surface area contributed by atoms with E-state index in [1.807, 2.05) is 0 Å². The molecule has 0 bridgehead atoms. The number of ether oxygens (including phenoxy) is 1. The average Bonchev–Trinajstić information content (AvgIpc) is 2.88. The Bertz CT molecular complexity index is 614. The van der Waals surface area contributed by atoms with Gasteiger partial charge in [-0.1, -0.05) is 10.2 Å². The van der Waals surface area contributed by atoms with Crippen molar-refractivity contribution in [2.24, 2.45) is 10.2 Å². The second-order valence-corrected chi connectivity index (χ2v) is 5.93. The highest BCUT2D eigenvalue weighted by Gasteiger charge is 2.53. The van der Waals surface area contributed by atoms with Gasteiger partial charge < -0.3 is 9.84 Å². The standard InChI is InChI=1S/C10H13ClN8O4/c1-10(11)7(16-18-13)19(9(22)14-8(10)21)6-2-4(15-17-12)5(3-20)23-6/h4-7,20H,2-3H2,1H3,(H,14,21,22)/t4-,5+,6+,7-,10-/m0/s1. The number of amides is 3. The van der Waals surface area contributed by atoms with Crippen LogP contribution in [-0.4, -0.2) is 58.0 Å². The Morgan fingerprint density at radius 3 is 2.70 bits per heavy atom. The number of carbonyl (C=O) groups is 2. The molecule has 23 heavy (non-hydrogen) atoms. The Hall–Kier alpha value is -2.23. The molecule has 0 aromatic heterocycles. The molecule has 2 heterocycles. The first-order valence-corrected chi connectivity index (χ1v) is 6.92. The molecule has 3 amide bonds. The van der Waals surface area contributed by atoms with Crippen LogP contribution in [0.25, 0.3) is 20.9 Å². The summed E-state index contributed by atoms with van der Waals surface area (Å²) in [4.78, 5) is 28.5. The first-order chi connectivity index (χ1) is 10.9. The summed E-state index contributed by atoms with van der Waals surface area (Å²) in [5.74, 6) is -0.805. The molecule has 0 aliphatic carbocycles. The summed E-state index contributed by atoms with van der Waals surface area (Å²) >= 11 is 6.12. The zero-order valence-electron chi connectivity index (χ0n) is 11.9. The van der Waals surface area contributed by atoms with Crippen molar-refractivity contribution in [3.8, 4) is 0 Å². The molecule has 2 saturated heterocycles. The van der Waals surface area contributed by atoms with E-state index >= 15 is 0 Å². The van der Waals surface area contributed by atoms with Gasteiger partial charge in [-0.25, -0.2) is 4.79 Å². The van der Waals surface area contributed by atoms with E-state index in [-0.39, 0.29) is 6.42 Å². The molecule has 2 aliphatic heterocycles. The number of hydrogen-bond acceptors (Lipinski definition) is 6. The fraction of sp³-hybridized carbons (Fsp3) is 0.800. The predicted molar refractivity (Wildman–Crippen MR) is 75.9 cm³/mol. The van der Waals surface area contributed by atoms with Crippen LogP contribution in [0.4, 0.5) is 4.79 Å². The number of azide groups is 2. The van der Waals surface area contributed by atoms with Gasteiger partial charge in [-0.2, -0.15) is 0 Å². The molecule has 2 N–H and O–H groups in total. The summed E-state index contributed by atoms with van der Waals surface area (Å²) < 4.78 is 5.49. The zero-order valence-corrected chi connectivity index (χ0v) is 12.7. The van der Waals surface area contributed by atoms with Crippen molar-refractivity contribution in [2.75, 3.05) is 6.61 Å².